The highest BCUT2D eigenvalue weighted by Gasteiger charge is 2.60. The van der Waals surface area contributed by atoms with Crippen LogP contribution in [0, 0.1) is 0 Å². The minimum atomic E-state index is -1.02. The van der Waals surface area contributed by atoms with E-state index in [2.05, 4.69) is 0 Å². The van der Waals surface area contributed by atoms with Crippen molar-refractivity contribution in [1.82, 2.24) is 4.90 Å². The normalized spacial score (nSPS) is 29.9. The minimum absolute atomic E-state index is 0.118. The van der Waals surface area contributed by atoms with Crippen LogP contribution in [0.2, 0.25) is 0 Å². The molecule has 0 radical (unpaired) electrons. The van der Waals surface area contributed by atoms with E-state index in [9.17, 15) is 10.2 Å². The van der Waals surface area contributed by atoms with Crippen LogP contribution in [0.25, 0.3) is 0 Å². The molecule has 140 valence electrons. The SMILES string of the molecule is CN1CCc2cc3c(cc2[C@@]12[C@@H](O)c1ccc4c(c1[C@@H]2O)OCO4)OCO3. The second-order valence-corrected chi connectivity index (χ2v) is 7.47. The van der Waals surface area contributed by atoms with Gasteiger partial charge in [0, 0.05) is 12.1 Å². The van der Waals surface area contributed by atoms with E-state index in [1.54, 1.807) is 6.07 Å². The predicted molar refractivity (Wildman–Crippen MR) is 93.1 cm³/mol. The minimum Gasteiger partial charge on any atom is -0.454 e. The lowest BCUT2D eigenvalue weighted by atomic mass is 9.75. The largest absolute Gasteiger partial charge is 0.454 e. The lowest BCUT2D eigenvalue weighted by molar-refractivity contribution is -0.0951. The van der Waals surface area contributed by atoms with Crippen molar-refractivity contribution in [2.45, 2.75) is 24.2 Å². The van der Waals surface area contributed by atoms with Crippen LogP contribution in [-0.4, -0.2) is 42.3 Å². The fraction of sp³-hybridized carbons (Fsp3) is 0.400. The first-order chi connectivity index (χ1) is 13.1. The summed E-state index contributed by atoms with van der Waals surface area (Å²) in [6.45, 7) is 1.01. The molecule has 0 aromatic heterocycles. The summed E-state index contributed by atoms with van der Waals surface area (Å²) in [7, 11) is 1.93. The Balaban J connectivity index is 1.61. The molecule has 1 spiro atoms. The van der Waals surface area contributed by atoms with E-state index in [0.29, 0.717) is 40.7 Å². The molecule has 2 aromatic carbocycles. The van der Waals surface area contributed by atoms with Crippen molar-refractivity contribution in [1.29, 1.82) is 0 Å². The summed E-state index contributed by atoms with van der Waals surface area (Å²) < 4.78 is 22.2. The van der Waals surface area contributed by atoms with Gasteiger partial charge in [0.2, 0.25) is 13.6 Å². The van der Waals surface area contributed by atoms with E-state index >= 15 is 0 Å². The number of rotatable bonds is 0. The fourth-order valence-corrected chi connectivity index (χ4v) is 5.09. The van der Waals surface area contributed by atoms with Gasteiger partial charge in [0.05, 0.1) is 0 Å². The quantitative estimate of drug-likeness (QED) is 0.730. The van der Waals surface area contributed by atoms with Crippen LogP contribution in [0.1, 0.15) is 34.5 Å². The average Bonchev–Trinajstić information content (AvgIpc) is 3.37. The summed E-state index contributed by atoms with van der Waals surface area (Å²) in [5, 5.41) is 23.0. The summed E-state index contributed by atoms with van der Waals surface area (Å²) >= 11 is 0. The third kappa shape index (κ3) is 1.72. The van der Waals surface area contributed by atoms with E-state index in [1.165, 1.54) is 0 Å². The number of benzene rings is 2. The Morgan fingerprint density at radius 3 is 2.56 bits per heavy atom. The number of hydrogen-bond acceptors (Lipinski definition) is 7. The number of likely N-dealkylation sites (N-methyl/N-ethyl adjacent to an activating group) is 1. The number of ether oxygens (including phenoxy) is 4. The third-order valence-corrected chi connectivity index (χ3v) is 6.39. The van der Waals surface area contributed by atoms with Crippen LogP contribution in [0.15, 0.2) is 24.3 Å². The Kier molecular flexibility index (Phi) is 2.92. The molecule has 0 bridgehead atoms. The lowest BCUT2D eigenvalue weighted by Crippen LogP contribution is -2.53. The Bertz CT molecular complexity index is 975. The Hall–Kier alpha value is -2.48. The molecule has 2 aromatic rings. The first-order valence-corrected chi connectivity index (χ1v) is 9.05. The summed E-state index contributed by atoms with van der Waals surface area (Å²) in [5.74, 6) is 2.48. The van der Waals surface area contributed by atoms with Gasteiger partial charge in [-0.2, -0.15) is 0 Å². The molecule has 3 aliphatic heterocycles. The van der Waals surface area contributed by atoms with Gasteiger partial charge >= 0.3 is 0 Å². The first kappa shape index (κ1) is 15.6. The standard InChI is InChI=1S/C20H19NO6/c1-21-5-4-10-6-14-15(26-8-25-14)7-12(10)20(21)18(22)11-2-3-13-17(27-9-24-13)16(11)19(20)23/h2-3,6-7,18-19,22-23H,4-5,8-9H2,1H3/t18-,19-,20-/m0/s1. The maximum atomic E-state index is 11.5. The van der Waals surface area contributed by atoms with Crippen molar-refractivity contribution in [2.24, 2.45) is 0 Å². The Morgan fingerprint density at radius 2 is 1.70 bits per heavy atom. The zero-order chi connectivity index (χ0) is 18.3. The zero-order valence-electron chi connectivity index (χ0n) is 14.8. The van der Waals surface area contributed by atoms with Gasteiger partial charge in [-0.1, -0.05) is 6.07 Å². The van der Waals surface area contributed by atoms with Gasteiger partial charge in [-0.15, -0.1) is 0 Å². The van der Waals surface area contributed by atoms with E-state index < -0.39 is 17.7 Å². The van der Waals surface area contributed by atoms with Crippen LogP contribution in [-0.2, 0) is 12.0 Å². The van der Waals surface area contributed by atoms with Gasteiger partial charge in [0.25, 0.3) is 0 Å². The maximum Gasteiger partial charge on any atom is 0.231 e. The van der Waals surface area contributed by atoms with Crippen molar-refractivity contribution in [3.8, 4) is 23.0 Å². The van der Waals surface area contributed by atoms with Crippen LogP contribution in [0.5, 0.6) is 23.0 Å². The fourth-order valence-electron chi connectivity index (χ4n) is 5.09. The van der Waals surface area contributed by atoms with Crippen LogP contribution in [0.4, 0.5) is 0 Å². The summed E-state index contributed by atoms with van der Waals surface area (Å²) in [5.41, 5.74) is 2.18. The van der Waals surface area contributed by atoms with Gasteiger partial charge in [-0.3, -0.25) is 4.90 Å². The highest BCUT2D eigenvalue weighted by Crippen LogP contribution is 2.62. The maximum absolute atomic E-state index is 11.5. The van der Waals surface area contributed by atoms with Crippen molar-refractivity contribution in [3.05, 3.63) is 46.5 Å². The van der Waals surface area contributed by atoms with Crippen LogP contribution < -0.4 is 18.9 Å². The molecule has 0 fully saturated rings. The molecule has 4 aliphatic rings. The summed E-state index contributed by atoms with van der Waals surface area (Å²) in [4.78, 5) is 2.04. The van der Waals surface area contributed by atoms with Gasteiger partial charge < -0.3 is 29.2 Å². The van der Waals surface area contributed by atoms with E-state index in [0.717, 1.165) is 17.5 Å². The van der Waals surface area contributed by atoms with Crippen molar-refractivity contribution >= 4 is 0 Å². The topological polar surface area (TPSA) is 80.6 Å². The lowest BCUT2D eigenvalue weighted by Gasteiger charge is -2.48. The molecule has 7 nitrogen and oxygen atoms in total. The number of nitrogens with zero attached hydrogens (tertiary/aromatic N) is 1. The second kappa shape index (κ2) is 5.07. The third-order valence-electron chi connectivity index (χ3n) is 6.39. The highest BCUT2D eigenvalue weighted by atomic mass is 16.7. The Labute approximate surface area is 155 Å². The molecular formula is C20H19NO6. The summed E-state index contributed by atoms with van der Waals surface area (Å²) in [6.07, 6.45) is -1.08. The van der Waals surface area contributed by atoms with Crippen molar-refractivity contribution in [2.75, 3.05) is 27.2 Å². The van der Waals surface area contributed by atoms with Gasteiger partial charge in [-0.05, 0) is 48.4 Å². The first-order valence-electron chi connectivity index (χ1n) is 9.05. The highest BCUT2D eigenvalue weighted by molar-refractivity contribution is 5.62. The van der Waals surface area contributed by atoms with Gasteiger partial charge in [0.15, 0.2) is 23.0 Å². The molecule has 2 N–H and O–H groups in total. The van der Waals surface area contributed by atoms with Gasteiger partial charge in [-0.25, -0.2) is 0 Å². The molecule has 0 saturated heterocycles. The number of aliphatic hydroxyl groups is 2. The summed E-state index contributed by atoms with van der Waals surface area (Å²) in [6, 6.07) is 7.49. The number of fused-ring (bicyclic) bond motifs is 6. The van der Waals surface area contributed by atoms with Crippen LogP contribution >= 0.6 is 0 Å². The smallest absolute Gasteiger partial charge is 0.231 e. The van der Waals surface area contributed by atoms with E-state index in [1.807, 2.05) is 30.1 Å². The second-order valence-electron chi connectivity index (χ2n) is 7.47. The molecule has 7 heteroatoms. The molecule has 3 heterocycles. The number of hydrogen-bond donors (Lipinski definition) is 2. The molecular weight excluding hydrogens is 350 g/mol. The van der Waals surface area contributed by atoms with E-state index in [-0.39, 0.29) is 13.6 Å². The Morgan fingerprint density at radius 1 is 0.963 bits per heavy atom. The molecule has 6 rings (SSSR count). The molecule has 3 atom stereocenters. The molecule has 0 saturated carbocycles. The van der Waals surface area contributed by atoms with Crippen LogP contribution in [0.3, 0.4) is 0 Å². The monoisotopic (exact) mass is 369 g/mol. The van der Waals surface area contributed by atoms with Crippen molar-refractivity contribution < 1.29 is 29.2 Å². The van der Waals surface area contributed by atoms with Crippen molar-refractivity contribution in [3.63, 3.8) is 0 Å². The number of aliphatic hydroxyl groups excluding tert-OH is 2. The van der Waals surface area contributed by atoms with Gasteiger partial charge in [0.1, 0.15) is 17.7 Å². The molecule has 0 unspecified atom stereocenters. The predicted octanol–water partition coefficient (Wildman–Crippen LogP) is 1.61. The molecule has 0 amide bonds. The zero-order valence-corrected chi connectivity index (χ0v) is 14.8. The molecule has 27 heavy (non-hydrogen) atoms. The van der Waals surface area contributed by atoms with E-state index in [4.69, 9.17) is 18.9 Å². The average molecular weight is 369 g/mol. The molecule has 1 aliphatic carbocycles.